The average Bonchev–Trinajstić information content (AvgIpc) is 3.09. The zero-order valence-electron chi connectivity index (χ0n) is 23.6. The molecular formula is C42H29I. The van der Waals surface area contributed by atoms with Crippen LogP contribution in [0.1, 0.15) is 0 Å². The van der Waals surface area contributed by atoms with Gasteiger partial charge in [-0.25, -0.2) is 0 Å². The molecule has 0 amide bonds. The Morgan fingerprint density at radius 2 is 0.488 bits per heavy atom. The van der Waals surface area contributed by atoms with Crippen molar-refractivity contribution in [1.82, 2.24) is 0 Å². The van der Waals surface area contributed by atoms with E-state index in [0.717, 1.165) is 0 Å². The normalized spacial score (nSPS) is 10.9. The van der Waals surface area contributed by atoms with Gasteiger partial charge in [0, 0.05) is 3.57 Å². The zero-order chi connectivity index (χ0) is 29.0. The molecule has 0 atom stereocenters. The second-order valence-electron chi connectivity index (χ2n) is 10.7. The standard InChI is InChI=1S/C42H29I/c43-42-40(38-26-34(30-14-5-1-6-15-30)24-35(27-38)31-16-7-2-8-17-31)22-13-23-41(42)39-28-36(32-18-9-3-10-19-32)25-37(29-39)33-20-11-4-12-21-33/h1-29H. The number of hydrogen-bond acceptors (Lipinski definition) is 0. The number of benzene rings is 7. The van der Waals surface area contributed by atoms with Gasteiger partial charge in [-0.05, 0) is 126 Å². The maximum Gasteiger partial charge on any atom is 0.0287 e. The van der Waals surface area contributed by atoms with E-state index in [9.17, 15) is 0 Å². The maximum absolute atomic E-state index is 2.55. The van der Waals surface area contributed by atoms with Gasteiger partial charge in [0.05, 0.1) is 0 Å². The molecule has 0 aliphatic carbocycles. The Kier molecular flexibility index (Phi) is 7.73. The lowest BCUT2D eigenvalue weighted by Crippen LogP contribution is -1.92. The summed E-state index contributed by atoms with van der Waals surface area (Å²) in [5.74, 6) is 0. The minimum Gasteiger partial charge on any atom is -0.0622 e. The van der Waals surface area contributed by atoms with Crippen LogP contribution in [0, 0.1) is 3.57 Å². The van der Waals surface area contributed by atoms with E-state index in [-0.39, 0.29) is 0 Å². The van der Waals surface area contributed by atoms with Gasteiger partial charge in [0.2, 0.25) is 0 Å². The van der Waals surface area contributed by atoms with Crippen LogP contribution in [0.3, 0.4) is 0 Å². The van der Waals surface area contributed by atoms with E-state index in [1.165, 1.54) is 70.3 Å². The van der Waals surface area contributed by atoms with Crippen LogP contribution < -0.4 is 0 Å². The quantitative estimate of drug-likeness (QED) is 0.156. The van der Waals surface area contributed by atoms with Gasteiger partial charge < -0.3 is 0 Å². The van der Waals surface area contributed by atoms with Crippen LogP contribution in [0.2, 0.25) is 0 Å². The third-order valence-electron chi connectivity index (χ3n) is 7.92. The highest BCUT2D eigenvalue weighted by Gasteiger charge is 2.15. The lowest BCUT2D eigenvalue weighted by atomic mass is 9.90. The highest BCUT2D eigenvalue weighted by Crippen LogP contribution is 2.40. The van der Waals surface area contributed by atoms with E-state index < -0.39 is 0 Å². The second-order valence-corrected chi connectivity index (χ2v) is 11.8. The summed E-state index contributed by atoms with van der Waals surface area (Å²) in [5, 5.41) is 0. The van der Waals surface area contributed by atoms with Gasteiger partial charge in [0.15, 0.2) is 0 Å². The van der Waals surface area contributed by atoms with Crippen LogP contribution in [0.4, 0.5) is 0 Å². The van der Waals surface area contributed by atoms with Crippen molar-refractivity contribution in [3.05, 3.63) is 179 Å². The summed E-state index contributed by atoms with van der Waals surface area (Å²) in [6, 6.07) is 63.3. The molecule has 0 radical (unpaired) electrons. The second kappa shape index (κ2) is 12.2. The fourth-order valence-corrected chi connectivity index (χ4v) is 6.72. The smallest absolute Gasteiger partial charge is 0.0287 e. The molecule has 7 aromatic carbocycles. The van der Waals surface area contributed by atoms with E-state index in [0.29, 0.717) is 0 Å². The van der Waals surface area contributed by atoms with Crippen molar-refractivity contribution in [3.63, 3.8) is 0 Å². The highest BCUT2D eigenvalue weighted by molar-refractivity contribution is 14.1. The summed E-state index contributed by atoms with van der Waals surface area (Å²) in [7, 11) is 0. The molecule has 1 heteroatoms. The van der Waals surface area contributed by atoms with Gasteiger partial charge in [0.25, 0.3) is 0 Å². The van der Waals surface area contributed by atoms with Crippen LogP contribution in [0.15, 0.2) is 176 Å². The van der Waals surface area contributed by atoms with Crippen LogP contribution in [0.25, 0.3) is 66.8 Å². The van der Waals surface area contributed by atoms with Crippen molar-refractivity contribution in [1.29, 1.82) is 0 Å². The van der Waals surface area contributed by atoms with Crippen molar-refractivity contribution in [2.75, 3.05) is 0 Å². The highest BCUT2D eigenvalue weighted by atomic mass is 127. The maximum atomic E-state index is 2.55. The van der Waals surface area contributed by atoms with E-state index in [1.807, 2.05) is 0 Å². The molecule has 0 nitrogen and oxygen atoms in total. The number of rotatable bonds is 6. The molecule has 7 rings (SSSR count). The largest absolute Gasteiger partial charge is 0.0622 e. The fourth-order valence-electron chi connectivity index (χ4n) is 5.73. The third-order valence-corrected chi connectivity index (χ3v) is 9.08. The molecule has 0 aliphatic heterocycles. The molecule has 0 fully saturated rings. The van der Waals surface area contributed by atoms with Gasteiger partial charge in [-0.1, -0.05) is 140 Å². The van der Waals surface area contributed by atoms with Crippen molar-refractivity contribution in [2.24, 2.45) is 0 Å². The summed E-state index contributed by atoms with van der Waals surface area (Å²) in [4.78, 5) is 0. The Labute approximate surface area is 267 Å². The van der Waals surface area contributed by atoms with Crippen LogP contribution in [-0.2, 0) is 0 Å². The summed E-state index contributed by atoms with van der Waals surface area (Å²) < 4.78 is 1.24. The van der Waals surface area contributed by atoms with Crippen LogP contribution in [0.5, 0.6) is 0 Å². The molecule has 0 unspecified atom stereocenters. The molecule has 0 heterocycles. The van der Waals surface area contributed by atoms with Gasteiger partial charge in [0.1, 0.15) is 0 Å². The average molecular weight is 661 g/mol. The molecule has 0 aliphatic rings. The van der Waals surface area contributed by atoms with E-state index in [4.69, 9.17) is 0 Å². The molecule has 0 aromatic heterocycles. The Bertz CT molecular complexity index is 1730. The molecule has 0 bridgehead atoms. The van der Waals surface area contributed by atoms with Gasteiger partial charge in [-0.2, -0.15) is 0 Å². The topological polar surface area (TPSA) is 0 Å². The monoisotopic (exact) mass is 660 g/mol. The minimum absolute atomic E-state index is 1.22. The lowest BCUT2D eigenvalue weighted by molar-refractivity contribution is 1.52. The first-order chi connectivity index (χ1) is 21.2. The third kappa shape index (κ3) is 5.82. The molecule has 0 N–H and O–H groups in total. The molecule has 0 saturated carbocycles. The van der Waals surface area contributed by atoms with Gasteiger partial charge in [-0.3, -0.25) is 0 Å². The first-order valence-corrected chi connectivity index (χ1v) is 15.6. The summed E-state index contributed by atoms with van der Waals surface area (Å²) in [5.41, 5.74) is 14.7. The van der Waals surface area contributed by atoms with Crippen molar-refractivity contribution < 1.29 is 0 Å². The molecule has 43 heavy (non-hydrogen) atoms. The summed E-state index contributed by atoms with van der Waals surface area (Å²) in [6.45, 7) is 0. The van der Waals surface area contributed by atoms with Gasteiger partial charge >= 0.3 is 0 Å². The Hall–Kier alpha value is -4.73. The van der Waals surface area contributed by atoms with E-state index in [2.05, 4.69) is 199 Å². The SMILES string of the molecule is Ic1c(-c2cc(-c3ccccc3)cc(-c3ccccc3)c2)cccc1-c1cc(-c2ccccc2)cc(-c2ccccc2)c1. The number of halogens is 1. The van der Waals surface area contributed by atoms with Gasteiger partial charge in [-0.15, -0.1) is 0 Å². The summed E-state index contributed by atoms with van der Waals surface area (Å²) in [6.07, 6.45) is 0. The van der Waals surface area contributed by atoms with Crippen molar-refractivity contribution in [2.45, 2.75) is 0 Å². The van der Waals surface area contributed by atoms with Crippen molar-refractivity contribution in [3.8, 4) is 66.8 Å². The predicted molar refractivity (Wildman–Crippen MR) is 192 cm³/mol. The van der Waals surface area contributed by atoms with E-state index in [1.54, 1.807) is 0 Å². The molecular weight excluding hydrogens is 631 g/mol. The first-order valence-electron chi connectivity index (χ1n) is 14.5. The van der Waals surface area contributed by atoms with Crippen molar-refractivity contribution >= 4 is 22.6 Å². The molecule has 0 spiro atoms. The molecule has 0 saturated heterocycles. The Morgan fingerprint density at radius 3 is 0.767 bits per heavy atom. The summed E-state index contributed by atoms with van der Waals surface area (Å²) >= 11 is 2.55. The number of hydrogen-bond donors (Lipinski definition) is 0. The zero-order valence-corrected chi connectivity index (χ0v) is 25.8. The molecule has 7 aromatic rings. The lowest BCUT2D eigenvalue weighted by Gasteiger charge is -2.16. The van der Waals surface area contributed by atoms with Crippen LogP contribution in [-0.4, -0.2) is 0 Å². The fraction of sp³-hybridized carbons (Fsp3) is 0. The molecule has 204 valence electrons. The van der Waals surface area contributed by atoms with E-state index >= 15 is 0 Å². The van der Waals surface area contributed by atoms with Crippen LogP contribution >= 0.6 is 22.6 Å². The predicted octanol–water partition coefficient (Wildman–Crippen LogP) is 12.3. The Morgan fingerprint density at radius 1 is 0.233 bits per heavy atom. The minimum atomic E-state index is 1.22. The Balaban J connectivity index is 1.41. The first kappa shape index (κ1) is 27.1.